The Hall–Kier alpha value is -1.04. The number of carbonyl (C=O) groups is 1. The van der Waals surface area contributed by atoms with Crippen LogP contribution in [0.15, 0.2) is 35.2 Å². The van der Waals surface area contributed by atoms with Gasteiger partial charge in [0, 0.05) is 30.4 Å². The summed E-state index contributed by atoms with van der Waals surface area (Å²) in [6, 6.07) is 9.97. The average Bonchev–Trinajstić information content (AvgIpc) is 2.88. The van der Waals surface area contributed by atoms with E-state index in [1.165, 1.54) is 0 Å². The summed E-state index contributed by atoms with van der Waals surface area (Å²) in [5.41, 5.74) is 0. The van der Waals surface area contributed by atoms with E-state index in [0.29, 0.717) is 13.1 Å². The van der Waals surface area contributed by atoms with E-state index in [1.54, 1.807) is 11.8 Å². The van der Waals surface area contributed by atoms with Crippen molar-refractivity contribution >= 4 is 17.7 Å². The van der Waals surface area contributed by atoms with Gasteiger partial charge in [-0.05, 0) is 18.6 Å². The minimum Gasteiger partial charge on any atom is -0.391 e. The molecule has 5 heteroatoms. The van der Waals surface area contributed by atoms with Gasteiger partial charge in [0.1, 0.15) is 0 Å². The quantitative estimate of drug-likeness (QED) is 0.691. The number of nitrogens with one attached hydrogen (secondary N) is 2. The Morgan fingerprint density at radius 2 is 2.20 bits per heavy atom. The standard InChI is InChI=1S/C15H22N2O2S/c1-2-14(20-12-6-4-3-5-7-12)15(19)17-9-11-8-16-10-13(11)18/h3-7,11,13-14,16,18H,2,8-10H2,1H3,(H,17,19). The van der Waals surface area contributed by atoms with Gasteiger partial charge in [0.2, 0.25) is 5.91 Å². The van der Waals surface area contributed by atoms with Crippen molar-refractivity contribution in [2.75, 3.05) is 19.6 Å². The number of aliphatic hydroxyl groups is 1. The lowest BCUT2D eigenvalue weighted by molar-refractivity contribution is -0.120. The van der Waals surface area contributed by atoms with Gasteiger partial charge in [0.25, 0.3) is 0 Å². The zero-order chi connectivity index (χ0) is 14.4. The Morgan fingerprint density at radius 1 is 1.45 bits per heavy atom. The van der Waals surface area contributed by atoms with Crippen LogP contribution in [0.1, 0.15) is 13.3 Å². The van der Waals surface area contributed by atoms with E-state index >= 15 is 0 Å². The second-order valence-corrected chi connectivity index (χ2v) is 6.33. The second kappa shape index (κ2) is 7.67. The molecule has 0 radical (unpaired) electrons. The van der Waals surface area contributed by atoms with Crippen LogP contribution < -0.4 is 10.6 Å². The van der Waals surface area contributed by atoms with Crippen LogP contribution in [0.25, 0.3) is 0 Å². The van der Waals surface area contributed by atoms with Crippen molar-refractivity contribution in [2.24, 2.45) is 5.92 Å². The summed E-state index contributed by atoms with van der Waals surface area (Å²) >= 11 is 1.59. The molecule has 1 aliphatic rings. The van der Waals surface area contributed by atoms with Crippen LogP contribution in [0.5, 0.6) is 0 Å². The van der Waals surface area contributed by atoms with Crippen LogP contribution in [0, 0.1) is 5.92 Å². The average molecular weight is 294 g/mol. The Labute approximate surface area is 124 Å². The van der Waals surface area contributed by atoms with Crippen molar-refractivity contribution in [1.29, 1.82) is 0 Å². The maximum Gasteiger partial charge on any atom is 0.233 e. The van der Waals surface area contributed by atoms with Crippen LogP contribution >= 0.6 is 11.8 Å². The molecule has 20 heavy (non-hydrogen) atoms. The molecule has 1 fully saturated rings. The number of amides is 1. The first-order chi connectivity index (χ1) is 9.70. The highest BCUT2D eigenvalue weighted by Crippen LogP contribution is 2.25. The smallest absolute Gasteiger partial charge is 0.233 e. The molecule has 0 saturated carbocycles. The highest BCUT2D eigenvalue weighted by Gasteiger charge is 2.26. The number of aliphatic hydroxyl groups excluding tert-OH is 1. The Morgan fingerprint density at radius 3 is 2.80 bits per heavy atom. The number of thioether (sulfide) groups is 1. The Kier molecular flexibility index (Phi) is 5.88. The van der Waals surface area contributed by atoms with Crippen LogP contribution in [-0.4, -0.2) is 42.0 Å². The van der Waals surface area contributed by atoms with Gasteiger partial charge < -0.3 is 15.7 Å². The van der Waals surface area contributed by atoms with E-state index in [9.17, 15) is 9.90 Å². The Balaban J connectivity index is 1.82. The normalized spacial score (nSPS) is 23.5. The highest BCUT2D eigenvalue weighted by molar-refractivity contribution is 8.00. The van der Waals surface area contributed by atoms with Crippen LogP contribution in [0.4, 0.5) is 0 Å². The summed E-state index contributed by atoms with van der Waals surface area (Å²) < 4.78 is 0. The molecule has 1 aliphatic heterocycles. The van der Waals surface area contributed by atoms with Crippen molar-refractivity contribution in [3.63, 3.8) is 0 Å². The molecule has 3 atom stereocenters. The Bertz CT molecular complexity index is 427. The molecule has 3 N–H and O–H groups in total. The summed E-state index contributed by atoms with van der Waals surface area (Å²) in [5, 5.41) is 15.7. The van der Waals surface area contributed by atoms with Gasteiger partial charge in [-0.1, -0.05) is 25.1 Å². The minimum absolute atomic E-state index is 0.0560. The topological polar surface area (TPSA) is 61.4 Å². The first kappa shape index (κ1) is 15.4. The zero-order valence-electron chi connectivity index (χ0n) is 11.7. The largest absolute Gasteiger partial charge is 0.391 e. The molecule has 1 heterocycles. The number of rotatable bonds is 6. The van der Waals surface area contributed by atoms with E-state index in [1.807, 2.05) is 37.3 Å². The first-order valence-corrected chi connectivity index (χ1v) is 7.97. The number of hydrogen-bond donors (Lipinski definition) is 3. The maximum absolute atomic E-state index is 12.2. The lowest BCUT2D eigenvalue weighted by atomic mass is 10.1. The third-order valence-corrected chi connectivity index (χ3v) is 4.90. The van der Waals surface area contributed by atoms with E-state index < -0.39 is 0 Å². The minimum atomic E-state index is -0.350. The molecule has 2 rings (SSSR count). The van der Waals surface area contributed by atoms with E-state index in [0.717, 1.165) is 17.9 Å². The lowest BCUT2D eigenvalue weighted by Gasteiger charge is -2.18. The molecule has 0 bridgehead atoms. The molecular weight excluding hydrogens is 272 g/mol. The zero-order valence-corrected chi connectivity index (χ0v) is 12.5. The van der Waals surface area contributed by atoms with Crippen LogP contribution in [0.3, 0.4) is 0 Å². The number of carbonyl (C=O) groups excluding carboxylic acids is 1. The molecule has 1 saturated heterocycles. The molecule has 0 aromatic heterocycles. The summed E-state index contributed by atoms with van der Waals surface area (Å²) in [6.07, 6.45) is 0.439. The molecule has 1 aromatic carbocycles. The summed E-state index contributed by atoms with van der Waals surface area (Å²) in [6.45, 7) is 3.95. The van der Waals surface area contributed by atoms with Gasteiger partial charge in [0.15, 0.2) is 0 Å². The number of hydrogen-bond acceptors (Lipinski definition) is 4. The maximum atomic E-state index is 12.2. The molecule has 3 unspecified atom stereocenters. The predicted molar refractivity (Wildman–Crippen MR) is 81.8 cm³/mol. The monoisotopic (exact) mass is 294 g/mol. The van der Waals surface area contributed by atoms with Crippen molar-refractivity contribution in [3.05, 3.63) is 30.3 Å². The molecule has 0 spiro atoms. The lowest BCUT2D eigenvalue weighted by Crippen LogP contribution is -2.38. The summed E-state index contributed by atoms with van der Waals surface area (Å²) in [5.74, 6) is 0.179. The molecule has 110 valence electrons. The van der Waals surface area contributed by atoms with E-state index in [-0.39, 0.29) is 23.2 Å². The van der Waals surface area contributed by atoms with Gasteiger partial charge in [0.05, 0.1) is 11.4 Å². The predicted octanol–water partition coefficient (Wildman–Crippen LogP) is 1.25. The highest BCUT2D eigenvalue weighted by atomic mass is 32.2. The summed E-state index contributed by atoms with van der Waals surface area (Å²) in [7, 11) is 0. The fourth-order valence-electron chi connectivity index (χ4n) is 2.26. The SMILES string of the molecule is CCC(Sc1ccccc1)C(=O)NCC1CNCC1O. The van der Waals surface area contributed by atoms with Crippen molar-refractivity contribution in [3.8, 4) is 0 Å². The second-order valence-electron chi connectivity index (χ2n) is 5.06. The van der Waals surface area contributed by atoms with E-state index in [4.69, 9.17) is 0 Å². The fraction of sp³-hybridized carbons (Fsp3) is 0.533. The molecular formula is C15H22N2O2S. The number of β-amino-alcohol motifs (C(OH)–C–C–N with tert-alkyl or cyclic N) is 1. The van der Waals surface area contributed by atoms with Gasteiger partial charge in [-0.15, -0.1) is 11.8 Å². The van der Waals surface area contributed by atoms with Gasteiger partial charge in [-0.3, -0.25) is 4.79 Å². The first-order valence-electron chi connectivity index (χ1n) is 7.09. The molecule has 1 amide bonds. The number of benzene rings is 1. The van der Waals surface area contributed by atoms with Gasteiger partial charge >= 0.3 is 0 Å². The molecule has 0 aliphatic carbocycles. The van der Waals surface area contributed by atoms with Crippen molar-refractivity contribution < 1.29 is 9.90 Å². The van der Waals surface area contributed by atoms with Crippen LogP contribution in [-0.2, 0) is 4.79 Å². The third kappa shape index (κ3) is 4.23. The van der Waals surface area contributed by atoms with Gasteiger partial charge in [-0.2, -0.15) is 0 Å². The van der Waals surface area contributed by atoms with Crippen LogP contribution in [0.2, 0.25) is 0 Å². The molecule has 4 nitrogen and oxygen atoms in total. The molecule has 1 aromatic rings. The fourth-order valence-corrected chi connectivity index (χ4v) is 3.26. The van der Waals surface area contributed by atoms with Crippen molar-refractivity contribution in [2.45, 2.75) is 29.6 Å². The summed E-state index contributed by atoms with van der Waals surface area (Å²) in [4.78, 5) is 13.3. The van der Waals surface area contributed by atoms with E-state index in [2.05, 4.69) is 10.6 Å². The van der Waals surface area contributed by atoms with Gasteiger partial charge in [-0.25, -0.2) is 0 Å². The van der Waals surface area contributed by atoms with Crippen molar-refractivity contribution in [1.82, 2.24) is 10.6 Å². The third-order valence-electron chi connectivity index (χ3n) is 3.53.